The fourth-order valence-corrected chi connectivity index (χ4v) is 2.26. The first-order valence-corrected chi connectivity index (χ1v) is 6.82. The number of ether oxygens (including phenoxy) is 1. The molecule has 6 nitrogen and oxygen atoms in total. The van der Waals surface area contributed by atoms with Crippen LogP contribution in [-0.4, -0.2) is 10.8 Å². The predicted molar refractivity (Wildman–Crippen MR) is 83.3 cm³/mol. The molecule has 0 aromatic heterocycles. The Hall–Kier alpha value is -2.12. The van der Waals surface area contributed by atoms with E-state index in [9.17, 15) is 10.1 Å². The Morgan fingerprint density at radius 3 is 2.67 bits per heavy atom. The van der Waals surface area contributed by atoms with Crippen LogP contribution in [0.5, 0.6) is 11.5 Å². The van der Waals surface area contributed by atoms with E-state index in [0.29, 0.717) is 10.0 Å². The van der Waals surface area contributed by atoms with E-state index in [1.54, 1.807) is 12.1 Å². The lowest BCUT2D eigenvalue weighted by molar-refractivity contribution is -0.385. The molecule has 0 spiro atoms. The van der Waals surface area contributed by atoms with Crippen molar-refractivity contribution in [1.29, 1.82) is 5.41 Å². The third kappa shape index (κ3) is 3.32. The van der Waals surface area contributed by atoms with Crippen molar-refractivity contribution >= 4 is 39.1 Å². The van der Waals surface area contributed by atoms with Crippen molar-refractivity contribution < 1.29 is 9.66 Å². The molecule has 0 bridgehead atoms. The number of amidine groups is 1. The number of nitro benzene ring substituents is 1. The number of halogens is 2. The second kappa shape index (κ2) is 6.11. The fraction of sp³-hybridized carbons (Fsp3) is 0. The van der Waals surface area contributed by atoms with Crippen LogP contribution in [0.25, 0.3) is 0 Å². The van der Waals surface area contributed by atoms with Crippen LogP contribution < -0.4 is 10.5 Å². The van der Waals surface area contributed by atoms with Gasteiger partial charge in [0.15, 0.2) is 0 Å². The van der Waals surface area contributed by atoms with E-state index in [4.69, 9.17) is 27.5 Å². The maximum absolute atomic E-state index is 11.0. The molecule has 2 rings (SSSR count). The number of para-hydroxylation sites is 1. The van der Waals surface area contributed by atoms with Gasteiger partial charge in [0.2, 0.25) is 5.75 Å². The highest BCUT2D eigenvalue weighted by atomic mass is 79.9. The van der Waals surface area contributed by atoms with Crippen LogP contribution in [0, 0.1) is 15.5 Å². The average molecular weight is 371 g/mol. The summed E-state index contributed by atoms with van der Waals surface area (Å²) in [5.74, 6) is 0.159. The smallest absolute Gasteiger partial charge is 0.312 e. The summed E-state index contributed by atoms with van der Waals surface area (Å²) < 4.78 is 5.97. The lowest BCUT2D eigenvalue weighted by Crippen LogP contribution is -2.10. The Kier molecular flexibility index (Phi) is 4.44. The number of nitrogens with zero attached hydrogens (tertiary/aromatic N) is 1. The minimum absolute atomic E-state index is 0.0555. The van der Waals surface area contributed by atoms with Gasteiger partial charge < -0.3 is 10.5 Å². The quantitative estimate of drug-likeness (QED) is 0.366. The Bertz CT molecular complexity index is 737. The monoisotopic (exact) mass is 369 g/mol. The van der Waals surface area contributed by atoms with E-state index >= 15 is 0 Å². The van der Waals surface area contributed by atoms with Gasteiger partial charge in [-0.15, -0.1) is 0 Å². The summed E-state index contributed by atoms with van der Waals surface area (Å²) in [5, 5.41) is 18.6. The number of hydrogen-bond acceptors (Lipinski definition) is 4. The summed E-state index contributed by atoms with van der Waals surface area (Å²) in [6, 6.07) is 9.00. The lowest BCUT2D eigenvalue weighted by Gasteiger charge is -2.10. The van der Waals surface area contributed by atoms with Gasteiger partial charge in [-0.1, -0.05) is 17.7 Å². The van der Waals surface area contributed by atoms with Gasteiger partial charge in [-0.3, -0.25) is 15.5 Å². The standard InChI is InChI=1S/C13H9BrClN3O3/c14-8-2-1-3-10(18(19)20)12(8)21-11-5-4-7(13(16)17)6-9(11)15/h1-6H,(H3,16,17). The summed E-state index contributed by atoms with van der Waals surface area (Å²) in [7, 11) is 0. The summed E-state index contributed by atoms with van der Waals surface area (Å²) in [5.41, 5.74) is 5.61. The van der Waals surface area contributed by atoms with Crippen molar-refractivity contribution in [3.8, 4) is 11.5 Å². The van der Waals surface area contributed by atoms with Gasteiger partial charge in [0, 0.05) is 11.6 Å². The minimum Gasteiger partial charge on any atom is -0.447 e. The van der Waals surface area contributed by atoms with Crippen LogP contribution in [-0.2, 0) is 0 Å². The van der Waals surface area contributed by atoms with E-state index in [1.807, 2.05) is 0 Å². The van der Waals surface area contributed by atoms with Crippen molar-refractivity contribution in [2.24, 2.45) is 5.73 Å². The van der Waals surface area contributed by atoms with Gasteiger partial charge in [0.05, 0.1) is 14.4 Å². The molecule has 0 fully saturated rings. The molecule has 2 aromatic rings. The van der Waals surface area contributed by atoms with Crippen LogP contribution in [0.3, 0.4) is 0 Å². The molecule has 108 valence electrons. The van der Waals surface area contributed by atoms with Crippen molar-refractivity contribution in [1.82, 2.24) is 0 Å². The van der Waals surface area contributed by atoms with Crippen molar-refractivity contribution in [2.75, 3.05) is 0 Å². The Morgan fingerprint density at radius 2 is 2.10 bits per heavy atom. The molecule has 2 aromatic carbocycles. The van der Waals surface area contributed by atoms with Crippen LogP contribution in [0.2, 0.25) is 5.02 Å². The molecule has 0 heterocycles. The van der Waals surface area contributed by atoms with Crippen LogP contribution in [0.4, 0.5) is 5.69 Å². The number of benzene rings is 2. The summed E-state index contributed by atoms with van der Waals surface area (Å²) >= 11 is 9.25. The van der Waals surface area contributed by atoms with Crippen LogP contribution in [0.15, 0.2) is 40.9 Å². The summed E-state index contributed by atoms with van der Waals surface area (Å²) in [6.45, 7) is 0. The van der Waals surface area contributed by atoms with Crippen LogP contribution >= 0.6 is 27.5 Å². The summed E-state index contributed by atoms with van der Waals surface area (Å²) in [4.78, 5) is 10.5. The highest BCUT2D eigenvalue weighted by Crippen LogP contribution is 2.40. The van der Waals surface area contributed by atoms with E-state index in [0.717, 1.165) is 0 Å². The van der Waals surface area contributed by atoms with E-state index < -0.39 is 4.92 Å². The Balaban J connectivity index is 2.44. The SMILES string of the molecule is N=C(N)c1ccc(Oc2c(Br)cccc2[N+](=O)[O-])c(Cl)c1. The number of rotatable bonds is 4. The Morgan fingerprint density at radius 1 is 1.38 bits per heavy atom. The zero-order valence-electron chi connectivity index (χ0n) is 10.5. The highest BCUT2D eigenvalue weighted by Gasteiger charge is 2.19. The predicted octanol–water partition coefficient (Wildman–Crippen LogP) is 4.09. The molecule has 0 aliphatic carbocycles. The van der Waals surface area contributed by atoms with Crippen molar-refractivity contribution in [2.45, 2.75) is 0 Å². The molecule has 0 aliphatic heterocycles. The zero-order valence-corrected chi connectivity index (χ0v) is 12.8. The number of hydrogen-bond donors (Lipinski definition) is 2. The first kappa shape index (κ1) is 15.3. The molecule has 21 heavy (non-hydrogen) atoms. The first-order chi connectivity index (χ1) is 9.90. The third-order valence-corrected chi connectivity index (χ3v) is 3.52. The molecule has 3 N–H and O–H groups in total. The van der Waals surface area contributed by atoms with E-state index in [2.05, 4.69) is 15.9 Å². The zero-order chi connectivity index (χ0) is 15.6. The summed E-state index contributed by atoms with van der Waals surface area (Å²) in [6.07, 6.45) is 0. The maximum atomic E-state index is 11.0. The van der Waals surface area contributed by atoms with E-state index in [1.165, 1.54) is 24.3 Å². The normalized spacial score (nSPS) is 10.2. The molecule has 0 radical (unpaired) electrons. The minimum atomic E-state index is -0.544. The second-order valence-corrected chi connectivity index (χ2v) is 5.27. The number of nitro groups is 1. The first-order valence-electron chi connectivity index (χ1n) is 5.65. The largest absolute Gasteiger partial charge is 0.447 e. The molecular formula is C13H9BrClN3O3. The fourth-order valence-electron chi connectivity index (χ4n) is 1.60. The third-order valence-electron chi connectivity index (χ3n) is 2.60. The second-order valence-electron chi connectivity index (χ2n) is 4.01. The highest BCUT2D eigenvalue weighted by molar-refractivity contribution is 9.10. The molecule has 0 amide bonds. The lowest BCUT2D eigenvalue weighted by atomic mass is 10.2. The topological polar surface area (TPSA) is 102 Å². The van der Waals surface area contributed by atoms with Gasteiger partial charge in [-0.2, -0.15) is 0 Å². The molecule has 0 saturated carbocycles. The van der Waals surface area contributed by atoms with Crippen molar-refractivity contribution in [3.63, 3.8) is 0 Å². The maximum Gasteiger partial charge on any atom is 0.312 e. The number of nitrogens with one attached hydrogen (secondary N) is 1. The molecule has 0 aliphatic rings. The van der Waals surface area contributed by atoms with Gasteiger partial charge in [-0.25, -0.2) is 0 Å². The Labute approximate surface area is 133 Å². The molecular weight excluding hydrogens is 362 g/mol. The van der Waals surface area contributed by atoms with Crippen molar-refractivity contribution in [3.05, 3.63) is 61.6 Å². The van der Waals surface area contributed by atoms with Gasteiger partial charge in [-0.05, 0) is 40.2 Å². The number of nitrogens with two attached hydrogens (primary N) is 1. The molecule has 0 unspecified atom stereocenters. The van der Waals surface area contributed by atoms with Crippen LogP contribution in [0.1, 0.15) is 5.56 Å². The van der Waals surface area contributed by atoms with Gasteiger partial charge in [0.25, 0.3) is 0 Å². The van der Waals surface area contributed by atoms with Gasteiger partial charge >= 0.3 is 5.69 Å². The average Bonchev–Trinajstić information content (AvgIpc) is 2.42. The molecule has 8 heteroatoms. The van der Waals surface area contributed by atoms with Gasteiger partial charge in [0.1, 0.15) is 11.6 Å². The number of nitrogen functional groups attached to an aromatic ring is 1. The van der Waals surface area contributed by atoms with E-state index in [-0.39, 0.29) is 28.0 Å². The molecule has 0 saturated heterocycles. The molecule has 0 atom stereocenters.